The molecule has 0 bridgehead atoms. The summed E-state index contributed by atoms with van der Waals surface area (Å²) in [5.74, 6) is 1.04. The number of hydrogen-bond acceptors (Lipinski definition) is 2. The number of fused-ring (bicyclic) bond motifs is 1. The van der Waals surface area contributed by atoms with Gasteiger partial charge in [0.2, 0.25) is 5.91 Å². The quantitative estimate of drug-likeness (QED) is 0.906. The Kier molecular flexibility index (Phi) is 5.49. The molecule has 2 atom stereocenters. The van der Waals surface area contributed by atoms with E-state index in [-0.39, 0.29) is 5.91 Å². The SMILES string of the molecule is O=C(CN1CCCC2CCCCC21)NCCc1ccccc1. The van der Waals surface area contributed by atoms with Crippen LogP contribution in [-0.2, 0) is 11.2 Å². The van der Waals surface area contributed by atoms with Gasteiger partial charge in [0, 0.05) is 12.6 Å². The van der Waals surface area contributed by atoms with Crippen molar-refractivity contribution < 1.29 is 4.79 Å². The minimum Gasteiger partial charge on any atom is -0.355 e. The van der Waals surface area contributed by atoms with E-state index < -0.39 is 0 Å². The lowest BCUT2D eigenvalue weighted by Crippen LogP contribution is -2.50. The van der Waals surface area contributed by atoms with Crippen molar-refractivity contribution in [2.75, 3.05) is 19.6 Å². The molecule has 1 saturated heterocycles. The standard InChI is InChI=1S/C19H28N2O/c22-19(20-13-12-16-7-2-1-3-8-16)15-21-14-6-10-17-9-4-5-11-18(17)21/h1-3,7-8,17-18H,4-6,9-15H2,(H,20,22). The zero-order valence-electron chi connectivity index (χ0n) is 13.5. The van der Waals surface area contributed by atoms with Gasteiger partial charge in [-0.25, -0.2) is 0 Å². The van der Waals surface area contributed by atoms with E-state index in [1.165, 1.54) is 44.1 Å². The van der Waals surface area contributed by atoms with E-state index in [1.807, 2.05) is 18.2 Å². The van der Waals surface area contributed by atoms with Crippen molar-refractivity contribution in [2.45, 2.75) is 51.0 Å². The third-order valence-electron chi connectivity index (χ3n) is 5.28. The van der Waals surface area contributed by atoms with Crippen molar-refractivity contribution >= 4 is 5.91 Å². The van der Waals surface area contributed by atoms with Crippen molar-refractivity contribution in [1.29, 1.82) is 0 Å². The highest BCUT2D eigenvalue weighted by Gasteiger charge is 2.33. The first-order chi connectivity index (χ1) is 10.8. The Hall–Kier alpha value is -1.35. The monoisotopic (exact) mass is 300 g/mol. The number of hydrogen-bond donors (Lipinski definition) is 1. The van der Waals surface area contributed by atoms with Gasteiger partial charge in [0.1, 0.15) is 0 Å². The first-order valence-electron chi connectivity index (χ1n) is 8.87. The Labute approximate surface area is 134 Å². The first-order valence-corrected chi connectivity index (χ1v) is 8.87. The molecule has 1 N–H and O–H groups in total. The number of nitrogens with one attached hydrogen (secondary N) is 1. The Morgan fingerprint density at radius 2 is 1.86 bits per heavy atom. The number of nitrogens with zero attached hydrogens (tertiary/aromatic N) is 1. The highest BCUT2D eigenvalue weighted by molar-refractivity contribution is 5.78. The van der Waals surface area contributed by atoms with Gasteiger partial charge in [-0.3, -0.25) is 9.69 Å². The van der Waals surface area contributed by atoms with Crippen molar-refractivity contribution in [3.8, 4) is 0 Å². The summed E-state index contributed by atoms with van der Waals surface area (Å²) < 4.78 is 0. The van der Waals surface area contributed by atoms with Crippen LogP contribution in [0, 0.1) is 5.92 Å². The number of rotatable bonds is 5. The Morgan fingerprint density at radius 1 is 1.09 bits per heavy atom. The lowest BCUT2D eigenvalue weighted by Gasteiger charge is -2.43. The Bertz CT molecular complexity index is 472. The second kappa shape index (κ2) is 7.77. The normalized spacial score (nSPS) is 25.5. The predicted molar refractivity (Wildman–Crippen MR) is 89.7 cm³/mol. The van der Waals surface area contributed by atoms with Gasteiger partial charge in [0.25, 0.3) is 0 Å². The molecule has 0 spiro atoms. The minimum absolute atomic E-state index is 0.196. The van der Waals surface area contributed by atoms with Gasteiger partial charge in [-0.2, -0.15) is 0 Å². The molecular formula is C19H28N2O. The number of benzene rings is 1. The van der Waals surface area contributed by atoms with Crippen LogP contribution in [0.2, 0.25) is 0 Å². The fourth-order valence-electron chi connectivity index (χ4n) is 4.16. The minimum atomic E-state index is 0.196. The van der Waals surface area contributed by atoms with Crippen LogP contribution in [0.4, 0.5) is 0 Å². The third kappa shape index (κ3) is 4.10. The molecule has 0 radical (unpaired) electrons. The molecule has 3 heteroatoms. The van der Waals surface area contributed by atoms with Crippen molar-refractivity contribution in [3.05, 3.63) is 35.9 Å². The van der Waals surface area contributed by atoms with E-state index in [0.29, 0.717) is 12.6 Å². The van der Waals surface area contributed by atoms with Crippen molar-refractivity contribution in [2.24, 2.45) is 5.92 Å². The molecule has 2 unspecified atom stereocenters. The molecule has 3 rings (SSSR count). The largest absolute Gasteiger partial charge is 0.355 e. The molecule has 1 heterocycles. The second-order valence-electron chi connectivity index (χ2n) is 6.81. The summed E-state index contributed by atoms with van der Waals surface area (Å²) in [7, 11) is 0. The van der Waals surface area contributed by atoms with Crippen LogP contribution in [0.3, 0.4) is 0 Å². The molecule has 2 aliphatic rings. The van der Waals surface area contributed by atoms with Gasteiger partial charge >= 0.3 is 0 Å². The zero-order chi connectivity index (χ0) is 15.2. The molecule has 1 aromatic rings. The second-order valence-corrected chi connectivity index (χ2v) is 6.81. The lowest BCUT2D eigenvalue weighted by molar-refractivity contribution is -0.123. The number of carbonyl (C=O) groups is 1. The highest BCUT2D eigenvalue weighted by atomic mass is 16.2. The van der Waals surface area contributed by atoms with E-state index in [4.69, 9.17) is 0 Å². The molecule has 1 amide bonds. The van der Waals surface area contributed by atoms with E-state index in [9.17, 15) is 4.79 Å². The summed E-state index contributed by atoms with van der Waals surface area (Å²) in [4.78, 5) is 14.7. The van der Waals surface area contributed by atoms with Crippen LogP contribution in [0.25, 0.3) is 0 Å². The van der Waals surface area contributed by atoms with Crippen LogP contribution in [0.1, 0.15) is 44.1 Å². The average Bonchev–Trinajstić information content (AvgIpc) is 2.56. The van der Waals surface area contributed by atoms with Crippen molar-refractivity contribution in [1.82, 2.24) is 10.2 Å². The average molecular weight is 300 g/mol. The summed E-state index contributed by atoms with van der Waals surface area (Å²) in [6, 6.07) is 11.0. The topological polar surface area (TPSA) is 32.3 Å². The van der Waals surface area contributed by atoms with Crippen LogP contribution >= 0.6 is 0 Å². The summed E-state index contributed by atoms with van der Waals surface area (Å²) >= 11 is 0. The first kappa shape index (κ1) is 15.5. The van der Waals surface area contributed by atoms with Crippen LogP contribution in [0.5, 0.6) is 0 Å². The molecule has 22 heavy (non-hydrogen) atoms. The molecular weight excluding hydrogens is 272 g/mol. The van der Waals surface area contributed by atoms with E-state index in [1.54, 1.807) is 0 Å². The number of piperidine rings is 1. The van der Waals surface area contributed by atoms with Crippen molar-refractivity contribution in [3.63, 3.8) is 0 Å². The van der Waals surface area contributed by atoms with E-state index in [0.717, 1.165) is 25.4 Å². The summed E-state index contributed by atoms with van der Waals surface area (Å²) in [5, 5.41) is 3.09. The zero-order valence-corrected chi connectivity index (χ0v) is 13.5. The lowest BCUT2D eigenvalue weighted by atomic mass is 9.78. The predicted octanol–water partition coefficient (Wildman–Crippen LogP) is 3.00. The van der Waals surface area contributed by atoms with Gasteiger partial charge < -0.3 is 5.32 Å². The smallest absolute Gasteiger partial charge is 0.234 e. The maximum absolute atomic E-state index is 12.2. The summed E-state index contributed by atoms with van der Waals surface area (Å²) in [6.45, 7) is 2.44. The fraction of sp³-hybridized carbons (Fsp3) is 0.632. The molecule has 3 nitrogen and oxygen atoms in total. The van der Waals surface area contributed by atoms with Crippen LogP contribution in [-0.4, -0.2) is 36.5 Å². The molecule has 120 valence electrons. The molecule has 0 aromatic heterocycles. The molecule has 1 saturated carbocycles. The maximum atomic E-state index is 12.2. The maximum Gasteiger partial charge on any atom is 0.234 e. The van der Waals surface area contributed by atoms with Gasteiger partial charge in [0.05, 0.1) is 6.54 Å². The number of amides is 1. The summed E-state index contributed by atoms with van der Waals surface area (Å²) in [6.07, 6.45) is 8.94. The van der Waals surface area contributed by atoms with E-state index >= 15 is 0 Å². The van der Waals surface area contributed by atoms with Gasteiger partial charge in [-0.05, 0) is 50.1 Å². The third-order valence-corrected chi connectivity index (χ3v) is 5.28. The van der Waals surface area contributed by atoms with E-state index in [2.05, 4.69) is 22.3 Å². The van der Waals surface area contributed by atoms with Gasteiger partial charge in [0.15, 0.2) is 0 Å². The van der Waals surface area contributed by atoms with Crippen LogP contribution in [0.15, 0.2) is 30.3 Å². The molecule has 1 aliphatic carbocycles. The van der Waals surface area contributed by atoms with Crippen LogP contribution < -0.4 is 5.32 Å². The number of likely N-dealkylation sites (tertiary alicyclic amines) is 1. The molecule has 1 aliphatic heterocycles. The highest BCUT2D eigenvalue weighted by Crippen LogP contribution is 2.34. The molecule has 1 aromatic carbocycles. The Morgan fingerprint density at radius 3 is 2.73 bits per heavy atom. The number of carbonyl (C=O) groups excluding carboxylic acids is 1. The fourth-order valence-corrected chi connectivity index (χ4v) is 4.16. The Balaban J connectivity index is 1.43. The molecule has 2 fully saturated rings. The van der Waals surface area contributed by atoms with Gasteiger partial charge in [-0.15, -0.1) is 0 Å². The summed E-state index contributed by atoms with van der Waals surface area (Å²) in [5.41, 5.74) is 1.29. The van der Waals surface area contributed by atoms with Gasteiger partial charge in [-0.1, -0.05) is 43.2 Å².